The van der Waals surface area contributed by atoms with E-state index in [4.69, 9.17) is 5.73 Å². The second kappa shape index (κ2) is 7.17. The number of carbonyl (C=O) groups excluding carboxylic acids is 1. The second-order valence-corrected chi connectivity index (χ2v) is 4.86. The quantitative estimate of drug-likeness (QED) is 0.809. The van der Waals surface area contributed by atoms with E-state index in [2.05, 4.69) is 38.2 Å². The summed E-state index contributed by atoms with van der Waals surface area (Å²) < 4.78 is 0. The first-order chi connectivity index (χ1) is 8.54. The lowest BCUT2D eigenvalue weighted by Gasteiger charge is -2.10. The van der Waals surface area contributed by atoms with Crippen LogP contribution in [0.15, 0.2) is 12.1 Å². The van der Waals surface area contributed by atoms with Crippen LogP contribution in [0.25, 0.3) is 0 Å². The second-order valence-electron chi connectivity index (χ2n) is 4.86. The number of carbonyl (C=O) groups is 1. The van der Waals surface area contributed by atoms with Crippen molar-refractivity contribution in [2.75, 3.05) is 13.1 Å². The maximum absolute atomic E-state index is 11.4. The first-order valence-corrected chi connectivity index (χ1v) is 6.58. The van der Waals surface area contributed by atoms with Crippen LogP contribution in [-0.2, 0) is 11.2 Å². The molecule has 1 aromatic rings. The first-order valence-electron chi connectivity index (χ1n) is 6.58. The van der Waals surface area contributed by atoms with Gasteiger partial charge in [0.1, 0.15) is 0 Å². The van der Waals surface area contributed by atoms with Crippen LogP contribution in [0.1, 0.15) is 35.1 Å². The van der Waals surface area contributed by atoms with Crippen molar-refractivity contribution >= 4 is 5.91 Å². The third kappa shape index (κ3) is 4.49. The van der Waals surface area contributed by atoms with Gasteiger partial charge in [0.15, 0.2) is 0 Å². The van der Waals surface area contributed by atoms with Gasteiger partial charge in [-0.05, 0) is 62.4 Å². The van der Waals surface area contributed by atoms with Gasteiger partial charge in [-0.2, -0.15) is 0 Å². The molecule has 0 heterocycles. The van der Waals surface area contributed by atoms with Gasteiger partial charge in [-0.1, -0.05) is 12.1 Å². The molecule has 0 aliphatic heterocycles. The monoisotopic (exact) mass is 248 g/mol. The third-order valence-corrected chi connectivity index (χ3v) is 3.28. The van der Waals surface area contributed by atoms with Crippen molar-refractivity contribution in [1.29, 1.82) is 0 Å². The van der Waals surface area contributed by atoms with Gasteiger partial charge in [-0.3, -0.25) is 4.79 Å². The average molecular weight is 248 g/mol. The maximum atomic E-state index is 11.4. The molecule has 3 N–H and O–H groups in total. The molecule has 0 bridgehead atoms. The number of benzene rings is 1. The Morgan fingerprint density at radius 3 is 2.50 bits per heavy atom. The van der Waals surface area contributed by atoms with Crippen LogP contribution in [-0.4, -0.2) is 19.0 Å². The van der Waals surface area contributed by atoms with Gasteiger partial charge >= 0.3 is 0 Å². The lowest BCUT2D eigenvalue weighted by atomic mass is 9.99. The molecule has 0 aliphatic carbocycles. The highest BCUT2D eigenvalue weighted by Gasteiger charge is 2.03. The maximum Gasteiger partial charge on any atom is 0.220 e. The highest BCUT2D eigenvalue weighted by Crippen LogP contribution is 2.15. The lowest BCUT2D eigenvalue weighted by Crippen LogP contribution is -2.26. The molecule has 0 saturated heterocycles. The summed E-state index contributed by atoms with van der Waals surface area (Å²) in [7, 11) is 0. The van der Waals surface area contributed by atoms with Crippen LogP contribution < -0.4 is 11.1 Å². The molecule has 100 valence electrons. The molecule has 3 nitrogen and oxygen atoms in total. The van der Waals surface area contributed by atoms with E-state index in [9.17, 15) is 4.79 Å². The molecular weight excluding hydrogens is 224 g/mol. The largest absolute Gasteiger partial charge is 0.356 e. The Bertz CT molecular complexity index is 413. The van der Waals surface area contributed by atoms with E-state index < -0.39 is 0 Å². The Morgan fingerprint density at radius 1 is 1.17 bits per heavy atom. The summed E-state index contributed by atoms with van der Waals surface area (Å²) in [5, 5.41) is 2.93. The number of hydrogen-bond acceptors (Lipinski definition) is 2. The lowest BCUT2D eigenvalue weighted by molar-refractivity contribution is -0.121. The SMILES string of the molecule is Cc1cc(C)c(CCNC(=O)CCCN)cc1C. The molecular formula is C15H24N2O. The Morgan fingerprint density at radius 2 is 1.83 bits per heavy atom. The molecule has 0 atom stereocenters. The van der Waals surface area contributed by atoms with Crippen molar-refractivity contribution in [2.24, 2.45) is 5.73 Å². The fraction of sp³-hybridized carbons (Fsp3) is 0.533. The van der Waals surface area contributed by atoms with Crippen LogP contribution in [0.2, 0.25) is 0 Å². The van der Waals surface area contributed by atoms with Crippen molar-refractivity contribution in [3.8, 4) is 0 Å². The van der Waals surface area contributed by atoms with Crippen LogP contribution in [0.4, 0.5) is 0 Å². The minimum Gasteiger partial charge on any atom is -0.356 e. The highest BCUT2D eigenvalue weighted by molar-refractivity contribution is 5.75. The average Bonchev–Trinajstić information content (AvgIpc) is 2.33. The predicted molar refractivity (Wildman–Crippen MR) is 75.7 cm³/mol. The Hall–Kier alpha value is -1.35. The summed E-state index contributed by atoms with van der Waals surface area (Å²) in [6.07, 6.45) is 2.18. The van der Waals surface area contributed by atoms with E-state index in [1.807, 2.05) is 0 Å². The molecule has 0 radical (unpaired) electrons. The van der Waals surface area contributed by atoms with Crippen molar-refractivity contribution in [3.63, 3.8) is 0 Å². The fourth-order valence-electron chi connectivity index (χ4n) is 1.98. The first kappa shape index (κ1) is 14.7. The van der Waals surface area contributed by atoms with E-state index in [0.717, 1.165) is 12.8 Å². The molecule has 1 amide bonds. The molecule has 0 aliphatic rings. The van der Waals surface area contributed by atoms with Crippen molar-refractivity contribution in [1.82, 2.24) is 5.32 Å². The zero-order valence-electron chi connectivity index (χ0n) is 11.7. The zero-order valence-corrected chi connectivity index (χ0v) is 11.7. The molecule has 1 rings (SSSR count). The van der Waals surface area contributed by atoms with Gasteiger partial charge in [-0.25, -0.2) is 0 Å². The van der Waals surface area contributed by atoms with E-state index in [1.165, 1.54) is 22.3 Å². The standard InChI is InChI=1S/C15H24N2O/c1-11-9-13(3)14(10-12(11)2)6-8-17-15(18)5-4-7-16/h9-10H,4-8,16H2,1-3H3,(H,17,18). The van der Waals surface area contributed by atoms with Crippen LogP contribution >= 0.6 is 0 Å². The van der Waals surface area contributed by atoms with Crippen molar-refractivity contribution in [2.45, 2.75) is 40.0 Å². The third-order valence-electron chi connectivity index (χ3n) is 3.28. The summed E-state index contributed by atoms with van der Waals surface area (Å²) >= 11 is 0. The minimum atomic E-state index is 0.0990. The number of amides is 1. The van der Waals surface area contributed by atoms with Gasteiger partial charge in [-0.15, -0.1) is 0 Å². The summed E-state index contributed by atoms with van der Waals surface area (Å²) in [5.74, 6) is 0.0990. The molecule has 18 heavy (non-hydrogen) atoms. The van der Waals surface area contributed by atoms with Crippen LogP contribution in [0.3, 0.4) is 0 Å². The van der Waals surface area contributed by atoms with Gasteiger partial charge in [0.05, 0.1) is 0 Å². The molecule has 0 unspecified atom stereocenters. The van der Waals surface area contributed by atoms with E-state index in [-0.39, 0.29) is 5.91 Å². The predicted octanol–water partition coefficient (Wildman–Crippen LogP) is 2.01. The Balaban J connectivity index is 2.44. The number of hydrogen-bond donors (Lipinski definition) is 2. The minimum absolute atomic E-state index is 0.0990. The highest BCUT2D eigenvalue weighted by atomic mass is 16.1. The molecule has 0 aromatic heterocycles. The van der Waals surface area contributed by atoms with Gasteiger partial charge < -0.3 is 11.1 Å². The molecule has 0 fully saturated rings. The van der Waals surface area contributed by atoms with Crippen LogP contribution in [0.5, 0.6) is 0 Å². The number of rotatable bonds is 6. The molecule has 1 aromatic carbocycles. The number of nitrogens with two attached hydrogens (primary N) is 1. The summed E-state index contributed by atoms with van der Waals surface area (Å²) in [4.78, 5) is 11.4. The van der Waals surface area contributed by atoms with Crippen LogP contribution in [0, 0.1) is 20.8 Å². The molecule has 0 spiro atoms. The number of aryl methyl sites for hydroxylation is 3. The van der Waals surface area contributed by atoms with E-state index in [0.29, 0.717) is 19.5 Å². The van der Waals surface area contributed by atoms with Gasteiger partial charge in [0, 0.05) is 13.0 Å². The number of nitrogens with one attached hydrogen (secondary N) is 1. The van der Waals surface area contributed by atoms with Crippen molar-refractivity contribution in [3.05, 3.63) is 34.4 Å². The normalized spacial score (nSPS) is 10.4. The van der Waals surface area contributed by atoms with Crippen molar-refractivity contribution < 1.29 is 4.79 Å². The fourth-order valence-corrected chi connectivity index (χ4v) is 1.98. The summed E-state index contributed by atoms with van der Waals surface area (Å²) in [6, 6.07) is 4.43. The molecule has 3 heteroatoms. The van der Waals surface area contributed by atoms with E-state index in [1.54, 1.807) is 0 Å². The van der Waals surface area contributed by atoms with E-state index >= 15 is 0 Å². The smallest absolute Gasteiger partial charge is 0.220 e. The summed E-state index contributed by atoms with van der Waals surface area (Å²) in [6.45, 7) is 7.65. The summed E-state index contributed by atoms with van der Waals surface area (Å²) in [5.41, 5.74) is 10.6. The molecule has 0 saturated carbocycles. The zero-order chi connectivity index (χ0) is 13.5. The Kier molecular flexibility index (Phi) is 5.86. The Labute approximate surface area is 110 Å². The van der Waals surface area contributed by atoms with Gasteiger partial charge in [0.2, 0.25) is 5.91 Å². The van der Waals surface area contributed by atoms with Gasteiger partial charge in [0.25, 0.3) is 0 Å². The topological polar surface area (TPSA) is 55.1 Å².